The largest absolute Gasteiger partial charge is 0.367 e. The number of carbonyl (C=O) groups excluding carboxylic acids is 2. The molecule has 2 aliphatic rings. The highest BCUT2D eigenvalue weighted by atomic mass is 16.2. The highest BCUT2D eigenvalue weighted by Gasteiger charge is 2.24. The van der Waals surface area contributed by atoms with E-state index in [1.165, 1.54) is 6.08 Å². The van der Waals surface area contributed by atoms with Gasteiger partial charge < -0.3 is 0 Å². The quantitative estimate of drug-likeness (QED) is 0.540. The second kappa shape index (κ2) is 2.83. The lowest BCUT2D eigenvalue weighted by Crippen LogP contribution is -2.22. The van der Waals surface area contributed by atoms with Crippen molar-refractivity contribution in [2.24, 2.45) is 9.98 Å². The normalized spacial score (nSPS) is 20.7. The molecular formula is C10H8N2O2. The zero-order chi connectivity index (χ0) is 10.3. The summed E-state index contributed by atoms with van der Waals surface area (Å²) < 4.78 is 0. The molecule has 0 aromatic carbocycles. The van der Waals surface area contributed by atoms with Crippen LogP contribution in [0.1, 0.15) is 13.8 Å². The van der Waals surface area contributed by atoms with Crippen LogP contribution in [0.25, 0.3) is 0 Å². The van der Waals surface area contributed by atoms with Gasteiger partial charge in [-0.25, -0.2) is 4.79 Å². The average molecular weight is 188 g/mol. The molecule has 14 heavy (non-hydrogen) atoms. The van der Waals surface area contributed by atoms with Crippen LogP contribution in [0.15, 0.2) is 33.3 Å². The molecule has 1 heterocycles. The predicted octanol–water partition coefficient (Wildman–Crippen LogP) is 1.48. The van der Waals surface area contributed by atoms with E-state index in [4.69, 9.17) is 0 Å². The maximum atomic E-state index is 11.3. The summed E-state index contributed by atoms with van der Waals surface area (Å²) in [7, 11) is 0. The molecule has 2 amide bonds. The van der Waals surface area contributed by atoms with Gasteiger partial charge in [-0.3, -0.25) is 4.79 Å². The molecule has 0 aromatic heterocycles. The molecule has 2 rings (SSSR count). The van der Waals surface area contributed by atoms with Crippen LogP contribution in [0.3, 0.4) is 0 Å². The lowest BCUT2D eigenvalue weighted by Gasteiger charge is -2.16. The number of hydrogen-bond donors (Lipinski definition) is 0. The Hall–Kier alpha value is -1.84. The van der Waals surface area contributed by atoms with Gasteiger partial charge >= 0.3 is 6.03 Å². The summed E-state index contributed by atoms with van der Waals surface area (Å²) in [4.78, 5) is 29.8. The van der Waals surface area contributed by atoms with Gasteiger partial charge in [-0.05, 0) is 26.0 Å². The molecule has 0 spiro atoms. The van der Waals surface area contributed by atoms with Crippen molar-refractivity contribution in [3.63, 3.8) is 0 Å². The maximum absolute atomic E-state index is 11.3. The van der Waals surface area contributed by atoms with E-state index in [-0.39, 0.29) is 5.78 Å². The molecule has 0 bridgehead atoms. The van der Waals surface area contributed by atoms with E-state index in [2.05, 4.69) is 9.98 Å². The third kappa shape index (κ3) is 1.16. The number of allylic oxidation sites excluding steroid dienone is 4. The van der Waals surface area contributed by atoms with Crippen LogP contribution in [0.2, 0.25) is 0 Å². The lowest BCUT2D eigenvalue weighted by molar-refractivity contribution is -0.111. The summed E-state index contributed by atoms with van der Waals surface area (Å²) in [6.07, 6.45) is 2.98. The lowest BCUT2D eigenvalue weighted by atomic mass is 9.92. The Balaban J connectivity index is 2.64. The second-order valence-electron chi connectivity index (χ2n) is 3.17. The fourth-order valence-corrected chi connectivity index (χ4v) is 1.56. The second-order valence-corrected chi connectivity index (χ2v) is 3.17. The van der Waals surface area contributed by atoms with Gasteiger partial charge in [0.25, 0.3) is 0 Å². The predicted molar refractivity (Wildman–Crippen MR) is 52.8 cm³/mol. The summed E-state index contributed by atoms with van der Waals surface area (Å²) in [5.74, 6) is -0.0529. The van der Waals surface area contributed by atoms with Crippen LogP contribution in [0.5, 0.6) is 0 Å². The van der Waals surface area contributed by atoms with Gasteiger partial charge in [0.05, 0.1) is 11.4 Å². The molecule has 0 fully saturated rings. The van der Waals surface area contributed by atoms with E-state index < -0.39 is 6.03 Å². The van der Waals surface area contributed by atoms with Gasteiger partial charge in [-0.15, -0.1) is 0 Å². The van der Waals surface area contributed by atoms with Crippen molar-refractivity contribution in [3.8, 4) is 0 Å². The number of rotatable bonds is 0. The topological polar surface area (TPSA) is 58.9 Å². The number of ketones is 1. The molecular weight excluding hydrogens is 180 g/mol. The number of aliphatic imine (C=N–C) groups is 2. The van der Waals surface area contributed by atoms with E-state index in [9.17, 15) is 9.59 Å². The Morgan fingerprint density at radius 2 is 1.79 bits per heavy atom. The summed E-state index contributed by atoms with van der Waals surface area (Å²) >= 11 is 0. The van der Waals surface area contributed by atoms with Gasteiger partial charge in [-0.2, -0.15) is 9.98 Å². The molecule has 0 saturated carbocycles. The molecule has 4 heteroatoms. The molecule has 1 aliphatic heterocycles. The van der Waals surface area contributed by atoms with Crippen molar-refractivity contribution >= 4 is 23.2 Å². The van der Waals surface area contributed by atoms with E-state index in [1.54, 1.807) is 19.9 Å². The van der Waals surface area contributed by atoms with E-state index in [0.717, 1.165) is 0 Å². The first-order valence-corrected chi connectivity index (χ1v) is 4.21. The first kappa shape index (κ1) is 8.74. The third-order valence-electron chi connectivity index (χ3n) is 2.23. The fraction of sp³-hybridized carbons (Fsp3) is 0.200. The fourth-order valence-electron chi connectivity index (χ4n) is 1.56. The Labute approximate surface area is 80.7 Å². The SMILES string of the molecule is CC1=NC(=O)N=C2C=CC(=O)C(C)=C12. The highest BCUT2D eigenvalue weighted by molar-refractivity contribution is 6.38. The Morgan fingerprint density at radius 3 is 2.50 bits per heavy atom. The van der Waals surface area contributed by atoms with Gasteiger partial charge in [0, 0.05) is 11.1 Å². The summed E-state index contributed by atoms with van der Waals surface area (Å²) in [6, 6.07) is -0.506. The van der Waals surface area contributed by atoms with E-state index in [1.807, 2.05) is 0 Å². The van der Waals surface area contributed by atoms with Crippen molar-refractivity contribution in [2.75, 3.05) is 0 Å². The molecule has 0 atom stereocenters. The minimum Gasteiger partial charge on any atom is -0.290 e. The maximum Gasteiger partial charge on any atom is 0.367 e. The van der Waals surface area contributed by atoms with E-state index in [0.29, 0.717) is 22.6 Å². The first-order valence-electron chi connectivity index (χ1n) is 4.21. The zero-order valence-corrected chi connectivity index (χ0v) is 7.87. The monoisotopic (exact) mass is 188 g/mol. The molecule has 0 unspecified atom stereocenters. The van der Waals surface area contributed by atoms with Crippen LogP contribution >= 0.6 is 0 Å². The van der Waals surface area contributed by atoms with Crippen molar-refractivity contribution < 1.29 is 9.59 Å². The van der Waals surface area contributed by atoms with Crippen molar-refractivity contribution in [1.29, 1.82) is 0 Å². The Kier molecular flexibility index (Phi) is 1.77. The molecule has 70 valence electrons. The molecule has 0 aromatic rings. The molecule has 0 N–H and O–H groups in total. The van der Waals surface area contributed by atoms with Crippen LogP contribution < -0.4 is 0 Å². The average Bonchev–Trinajstić information content (AvgIpc) is 2.10. The van der Waals surface area contributed by atoms with Crippen LogP contribution in [0, 0.1) is 0 Å². The third-order valence-corrected chi connectivity index (χ3v) is 2.23. The Morgan fingerprint density at radius 1 is 1.07 bits per heavy atom. The summed E-state index contributed by atoms with van der Waals surface area (Å²) in [5, 5.41) is 0. The number of carbonyl (C=O) groups is 2. The number of nitrogens with zero attached hydrogens (tertiary/aromatic N) is 2. The standard InChI is InChI=1S/C10H8N2O2/c1-5-8(13)4-3-7-9(5)6(2)11-10(14)12-7/h3-4H,1-2H3. The van der Waals surface area contributed by atoms with Crippen LogP contribution in [-0.2, 0) is 4.79 Å². The zero-order valence-electron chi connectivity index (χ0n) is 7.87. The van der Waals surface area contributed by atoms with Crippen molar-refractivity contribution in [3.05, 3.63) is 23.3 Å². The van der Waals surface area contributed by atoms with Crippen molar-refractivity contribution in [2.45, 2.75) is 13.8 Å². The number of hydrogen-bond acceptors (Lipinski definition) is 2. The minimum absolute atomic E-state index is 0.0529. The molecule has 0 radical (unpaired) electrons. The molecule has 4 nitrogen and oxygen atoms in total. The molecule has 0 saturated heterocycles. The highest BCUT2D eigenvalue weighted by Crippen LogP contribution is 2.19. The summed E-state index contributed by atoms with van der Waals surface area (Å²) in [5.41, 5.74) is 2.40. The van der Waals surface area contributed by atoms with Crippen molar-refractivity contribution in [1.82, 2.24) is 0 Å². The van der Waals surface area contributed by atoms with E-state index >= 15 is 0 Å². The first-order chi connectivity index (χ1) is 6.59. The number of amides is 2. The van der Waals surface area contributed by atoms with Gasteiger partial charge in [0.2, 0.25) is 0 Å². The smallest absolute Gasteiger partial charge is 0.290 e. The van der Waals surface area contributed by atoms with Gasteiger partial charge in [-0.1, -0.05) is 0 Å². The molecule has 1 aliphatic carbocycles. The minimum atomic E-state index is -0.506. The van der Waals surface area contributed by atoms with Gasteiger partial charge in [0.15, 0.2) is 5.78 Å². The Bertz CT molecular complexity index is 465. The van der Waals surface area contributed by atoms with Crippen LogP contribution in [-0.4, -0.2) is 23.2 Å². The number of fused-ring (bicyclic) bond motifs is 1. The number of urea groups is 1. The summed E-state index contributed by atoms with van der Waals surface area (Å²) in [6.45, 7) is 3.42. The van der Waals surface area contributed by atoms with Crippen LogP contribution in [0.4, 0.5) is 4.79 Å². The van der Waals surface area contributed by atoms with Gasteiger partial charge in [0.1, 0.15) is 0 Å².